The Morgan fingerprint density at radius 3 is 2.62 bits per heavy atom. The van der Waals surface area contributed by atoms with Crippen molar-refractivity contribution in [3.8, 4) is 17.6 Å². The number of hydrogen-bond acceptors (Lipinski definition) is 4. The molecule has 0 saturated carbocycles. The van der Waals surface area contributed by atoms with Gasteiger partial charge in [0.2, 0.25) is 0 Å². The third-order valence-corrected chi connectivity index (χ3v) is 3.10. The molecule has 4 nitrogen and oxygen atoms in total. The highest BCUT2D eigenvalue weighted by Crippen LogP contribution is 2.21. The van der Waals surface area contributed by atoms with Crippen LogP contribution in [0.1, 0.15) is 30.9 Å². The van der Waals surface area contributed by atoms with Gasteiger partial charge in [-0.1, -0.05) is 18.8 Å². The zero-order valence-electron chi connectivity index (χ0n) is 12.9. The Labute approximate surface area is 127 Å². The van der Waals surface area contributed by atoms with Gasteiger partial charge >= 0.3 is 0 Å². The fourth-order valence-corrected chi connectivity index (χ4v) is 2.17. The number of aliphatic hydroxyl groups excluding tert-OH is 2. The molecule has 21 heavy (non-hydrogen) atoms. The van der Waals surface area contributed by atoms with Crippen LogP contribution in [0.2, 0.25) is 0 Å². The molecule has 0 unspecified atom stereocenters. The van der Waals surface area contributed by atoms with E-state index in [2.05, 4.69) is 23.7 Å². The summed E-state index contributed by atoms with van der Waals surface area (Å²) in [7, 11) is 1.66. The van der Waals surface area contributed by atoms with E-state index in [0.29, 0.717) is 13.0 Å². The Hall–Kier alpha value is -1.54. The molecule has 116 valence electrons. The van der Waals surface area contributed by atoms with E-state index >= 15 is 0 Å². The molecule has 0 fully saturated rings. The molecular weight excluding hydrogens is 266 g/mol. The lowest BCUT2D eigenvalue weighted by Gasteiger charge is -2.22. The Bertz CT molecular complexity index is 471. The van der Waals surface area contributed by atoms with Gasteiger partial charge in [0.05, 0.1) is 20.3 Å². The zero-order chi connectivity index (χ0) is 15.5. The summed E-state index contributed by atoms with van der Waals surface area (Å²) >= 11 is 0. The first-order valence-electron chi connectivity index (χ1n) is 7.35. The van der Waals surface area contributed by atoms with Gasteiger partial charge in [-0.3, -0.25) is 4.90 Å². The normalized spacial score (nSPS) is 10.3. The summed E-state index contributed by atoms with van der Waals surface area (Å²) in [6.45, 7) is 4.67. The molecule has 0 radical (unpaired) electrons. The minimum atomic E-state index is 0.0801. The van der Waals surface area contributed by atoms with Crippen LogP contribution in [0.4, 0.5) is 0 Å². The number of rotatable bonds is 8. The molecule has 0 aliphatic rings. The van der Waals surface area contributed by atoms with Gasteiger partial charge in [0.25, 0.3) is 0 Å². The molecule has 0 spiro atoms. The molecule has 1 rings (SSSR count). The summed E-state index contributed by atoms with van der Waals surface area (Å²) in [4.78, 5) is 2.20. The lowest BCUT2D eigenvalue weighted by Crippen LogP contribution is -2.27. The van der Waals surface area contributed by atoms with Crippen molar-refractivity contribution >= 4 is 0 Å². The van der Waals surface area contributed by atoms with Gasteiger partial charge in [0, 0.05) is 30.6 Å². The van der Waals surface area contributed by atoms with Gasteiger partial charge in [0.1, 0.15) is 5.75 Å². The highest BCUT2D eigenvalue weighted by atomic mass is 16.5. The van der Waals surface area contributed by atoms with Crippen LogP contribution in [-0.4, -0.2) is 48.5 Å². The quantitative estimate of drug-likeness (QED) is 0.715. The van der Waals surface area contributed by atoms with Crippen molar-refractivity contribution in [2.24, 2.45) is 0 Å². The predicted octanol–water partition coefficient (Wildman–Crippen LogP) is 1.63. The molecular formula is C17H25NO3. The number of benzene rings is 1. The molecule has 4 heteroatoms. The van der Waals surface area contributed by atoms with E-state index in [1.165, 1.54) is 0 Å². The highest BCUT2D eigenvalue weighted by molar-refractivity contribution is 5.44. The van der Waals surface area contributed by atoms with Crippen molar-refractivity contribution in [3.05, 3.63) is 29.3 Å². The van der Waals surface area contributed by atoms with Crippen LogP contribution in [-0.2, 0) is 6.54 Å². The second-order valence-corrected chi connectivity index (χ2v) is 4.80. The first-order valence-corrected chi connectivity index (χ1v) is 7.35. The minimum absolute atomic E-state index is 0.0801. The maximum absolute atomic E-state index is 9.15. The van der Waals surface area contributed by atoms with Gasteiger partial charge in [-0.25, -0.2) is 0 Å². The summed E-state index contributed by atoms with van der Waals surface area (Å²) in [5.74, 6) is 6.80. The molecule has 0 atom stereocenters. The number of ether oxygens (including phenoxy) is 1. The van der Waals surface area contributed by atoms with Gasteiger partial charge in [-0.2, -0.15) is 0 Å². The van der Waals surface area contributed by atoms with E-state index in [9.17, 15) is 0 Å². The van der Waals surface area contributed by atoms with Crippen molar-refractivity contribution in [1.82, 2.24) is 4.90 Å². The van der Waals surface area contributed by atoms with Crippen LogP contribution in [0, 0.1) is 11.8 Å². The average Bonchev–Trinajstić information content (AvgIpc) is 2.48. The molecule has 1 aromatic carbocycles. The summed E-state index contributed by atoms with van der Waals surface area (Å²) in [6.07, 6.45) is 1.52. The second-order valence-electron chi connectivity index (χ2n) is 4.80. The Morgan fingerprint density at radius 1 is 1.19 bits per heavy atom. The molecule has 0 aromatic heterocycles. The Kier molecular flexibility index (Phi) is 8.53. The third-order valence-electron chi connectivity index (χ3n) is 3.10. The maximum atomic E-state index is 9.15. The lowest BCUT2D eigenvalue weighted by molar-refractivity contribution is 0.189. The first-order chi connectivity index (χ1) is 10.2. The summed E-state index contributed by atoms with van der Waals surface area (Å²) in [5, 5.41) is 17.9. The maximum Gasteiger partial charge on any atom is 0.123 e. The second kappa shape index (κ2) is 10.2. The van der Waals surface area contributed by atoms with Crippen molar-refractivity contribution in [3.63, 3.8) is 0 Å². The zero-order valence-corrected chi connectivity index (χ0v) is 12.9. The van der Waals surface area contributed by atoms with Crippen LogP contribution in [0.3, 0.4) is 0 Å². The van der Waals surface area contributed by atoms with E-state index in [4.69, 9.17) is 14.9 Å². The number of methoxy groups -OCH3 is 1. The van der Waals surface area contributed by atoms with Crippen molar-refractivity contribution < 1.29 is 14.9 Å². The third kappa shape index (κ3) is 6.17. The van der Waals surface area contributed by atoms with Crippen LogP contribution < -0.4 is 4.74 Å². The molecule has 1 aromatic rings. The summed E-state index contributed by atoms with van der Waals surface area (Å²) in [5.41, 5.74) is 1.98. The molecule has 0 heterocycles. The molecule has 2 N–H and O–H groups in total. The predicted molar refractivity (Wildman–Crippen MR) is 84.2 cm³/mol. The van der Waals surface area contributed by atoms with Gasteiger partial charge < -0.3 is 14.9 Å². The summed E-state index contributed by atoms with van der Waals surface area (Å²) < 4.78 is 5.41. The van der Waals surface area contributed by atoms with E-state index in [-0.39, 0.29) is 13.2 Å². The molecule has 0 saturated heterocycles. The standard InChI is InChI=1S/C17H25NO3/c1-3-9-18(10-12-20)14-16-13-15(6-4-5-11-19)7-8-17(16)21-2/h7-8,13,19-20H,3,5,9-12,14H2,1-2H3. The topological polar surface area (TPSA) is 52.9 Å². The van der Waals surface area contributed by atoms with Crippen molar-refractivity contribution in [2.45, 2.75) is 26.3 Å². The SMILES string of the molecule is CCCN(CCO)Cc1cc(C#CCCO)ccc1OC. The monoisotopic (exact) mass is 291 g/mol. The molecule has 0 aliphatic heterocycles. The fraction of sp³-hybridized carbons (Fsp3) is 0.529. The number of aliphatic hydroxyl groups is 2. The van der Waals surface area contributed by atoms with Crippen LogP contribution in [0.15, 0.2) is 18.2 Å². The van der Waals surface area contributed by atoms with E-state index in [0.717, 1.165) is 36.4 Å². The largest absolute Gasteiger partial charge is 0.496 e. The molecule has 0 bridgehead atoms. The average molecular weight is 291 g/mol. The van der Waals surface area contributed by atoms with Crippen molar-refractivity contribution in [1.29, 1.82) is 0 Å². The Balaban J connectivity index is 2.91. The highest BCUT2D eigenvalue weighted by Gasteiger charge is 2.09. The smallest absolute Gasteiger partial charge is 0.123 e. The van der Waals surface area contributed by atoms with Gasteiger partial charge in [-0.05, 0) is 31.2 Å². The number of nitrogens with zero attached hydrogens (tertiary/aromatic N) is 1. The van der Waals surface area contributed by atoms with Gasteiger partial charge in [-0.15, -0.1) is 0 Å². The Morgan fingerprint density at radius 2 is 2.00 bits per heavy atom. The molecule has 0 aliphatic carbocycles. The minimum Gasteiger partial charge on any atom is -0.496 e. The van der Waals surface area contributed by atoms with E-state index in [1.807, 2.05) is 18.2 Å². The summed E-state index contributed by atoms with van der Waals surface area (Å²) in [6, 6.07) is 5.85. The van der Waals surface area contributed by atoms with E-state index in [1.54, 1.807) is 7.11 Å². The number of hydrogen-bond donors (Lipinski definition) is 2. The first kappa shape index (κ1) is 17.5. The fourth-order valence-electron chi connectivity index (χ4n) is 2.17. The van der Waals surface area contributed by atoms with Crippen LogP contribution in [0.5, 0.6) is 5.75 Å². The molecule has 0 amide bonds. The van der Waals surface area contributed by atoms with Crippen LogP contribution >= 0.6 is 0 Å². The van der Waals surface area contributed by atoms with E-state index < -0.39 is 0 Å². The van der Waals surface area contributed by atoms with Gasteiger partial charge in [0.15, 0.2) is 0 Å². The van der Waals surface area contributed by atoms with Crippen molar-refractivity contribution in [2.75, 3.05) is 33.4 Å². The van der Waals surface area contributed by atoms with Crippen LogP contribution in [0.25, 0.3) is 0 Å². The lowest BCUT2D eigenvalue weighted by atomic mass is 10.1.